The smallest absolute Gasteiger partial charge is 0.303 e. The van der Waals surface area contributed by atoms with E-state index in [9.17, 15) is 15.2 Å². The highest BCUT2D eigenvalue weighted by Crippen LogP contribution is 2.51. The van der Waals surface area contributed by atoms with Gasteiger partial charge in [0.05, 0.1) is 52.4 Å². The third kappa shape index (κ3) is 10.9. The van der Waals surface area contributed by atoms with E-state index in [0.717, 1.165) is 27.8 Å². The van der Waals surface area contributed by atoms with Crippen LogP contribution < -0.4 is 9.47 Å². The minimum atomic E-state index is -1.66. The number of hydrogen-bond acceptors (Lipinski definition) is 12. The predicted molar refractivity (Wildman–Crippen MR) is 248 cm³/mol. The quantitative estimate of drug-likeness (QED) is 0.0390. The summed E-state index contributed by atoms with van der Waals surface area (Å²) in [7, 11) is 1.64. The summed E-state index contributed by atoms with van der Waals surface area (Å²) in [6.45, 7) is 8.76. The molecule has 340 valence electrons. The lowest BCUT2D eigenvalue weighted by Crippen LogP contribution is -2.39. The lowest BCUT2D eigenvalue weighted by Gasteiger charge is -2.39. The van der Waals surface area contributed by atoms with Gasteiger partial charge in [-0.2, -0.15) is 5.26 Å². The molecule has 65 heavy (non-hydrogen) atoms. The number of rotatable bonds is 22. The number of benzene rings is 4. The summed E-state index contributed by atoms with van der Waals surface area (Å²) in [5, 5.41) is 18.7. The largest absolute Gasteiger partial charge is 0.497 e. The molecule has 14 nitrogen and oxygen atoms in total. The number of carboxylic acid groups (broad SMARTS) is 1. The number of fused-ring (bicyclic) bond motifs is 1. The fraction of sp³-hybridized carbons (Fsp3) is 0.380. The molecule has 0 radical (unpaired) electrons. The van der Waals surface area contributed by atoms with Crippen molar-refractivity contribution in [1.82, 2.24) is 24.2 Å². The second-order valence-electron chi connectivity index (χ2n) is 16.4. The number of hydrogen-bond donors (Lipinski definition) is 1. The van der Waals surface area contributed by atoms with Crippen LogP contribution in [0.5, 0.6) is 11.5 Å². The van der Waals surface area contributed by atoms with Crippen molar-refractivity contribution >= 4 is 25.7 Å². The molecule has 1 unspecified atom stereocenters. The number of ether oxygens (including phenoxy) is 4. The van der Waals surface area contributed by atoms with Gasteiger partial charge in [-0.25, -0.2) is 19.6 Å². The number of nitriles is 1. The molecular formula is C50H57N6O8P. The molecule has 1 N–H and O–H groups in total. The van der Waals surface area contributed by atoms with Crippen LogP contribution in [-0.2, 0) is 35.3 Å². The van der Waals surface area contributed by atoms with Crippen molar-refractivity contribution in [2.75, 3.05) is 27.4 Å². The summed E-state index contributed by atoms with van der Waals surface area (Å²) in [6, 6.07) is 36.2. The Kier molecular flexibility index (Phi) is 15.9. The minimum Gasteiger partial charge on any atom is -0.497 e. The maximum atomic E-state index is 11.2. The number of aryl methyl sites for hydroxylation is 1. The molecule has 0 saturated carbocycles. The highest BCUT2D eigenvalue weighted by atomic mass is 31.2. The maximum absolute atomic E-state index is 11.2. The minimum absolute atomic E-state index is 0.0790. The molecule has 1 aliphatic heterocycles. The van der Waals surface area contributed by atoms with Gasteiger partial charge >= 0.3 is 5.97 Å². The summed E-state index contributed by atoms with van der Waals surface area (Å²) >= 11 is 0. The van der Waals surface area contributed by atoms with E-state index in [1.807, 2.05) is 95.6 Å². The van der Waals surface area contributed by atoms with Gasteiger partial charge < -0.3 is 33.1 Å². The lowest BCUT2D eigenvalue weighted by molar-refractivity contribution is -0.137. The normalized spacial score (nSPS) is 16.9. The average Bonchev–Trinajstić information content (AvgIpc) is 3.94. The Morgan fingerprint density at radius 1 is 0.908 bits per heavy atom. The van der Waals surface area contributed by atoms with Crippen molar-refractivity contribution in [3.63, 3.8) is 0 Å². The number of carbonyl (C=O) groups is 1. The third-order valence-electron chi connectivity index (χ3n) is 11.4. The van der Waals surface area contributed by atoms with Crippen LogP contribution in [0.15, 0.2) is 116 Å². The number of nitrogens with zero attached hydrogens (tertiary/aromatic N) is 6. The predicted octanol–water partition coefficient (Wildman–Crippen LogP) is 9.88. The van der Waals surface area contributed by atoms with Crippen LogP contribution >= 0.6 is 8.53 Å². The lowest BCUT2D eigenvalue weighted by atomic mass is 9.80. The molecule has 2 aromatic heterocycles. The van der Waals surface area contributed by atoms with Gasteiger partial charge in [0.1, 0.15) is 47.0 Å². The number of methoxy groups -OCH3 is 2. The summed E-state index contributed by atoms with van der Waals surface area (Å²) in [4.78, 5) is 25.4. The zero-order valence-electron chi connectivity index (χ0n) is 37.7. The SMILES string of the molecule is COc1ccc(C(OC[C@H]2O[C@@H](n3cnc4c(-c5cccc(CCCC(=O)O)c5)ncnc43)C[C@@H]2OP(OCCC#N)N(C(C)C)C(C)C)(c2ccccc2)c2ccc(OC)cc2)cc1. The standard InChI is InChI=1S/C50H57N6O8P/c1-34(2)56(35(3)4)65(62-28-12-27-51)64-43-30-45(55-33-54-48-47(52-32-53-49(48)55)37-15-10-13-36(29-37)14-11-18-46(57)58)63-44(43)31-61-50(38-16-8-7-9-17-38,39-19-23-41(59-5)24-20-39)40-21-25-42(60-6)26-22-40/h7-10,13,15-17,19-26,29,32-35,43-45H,11-12,14,18,28,30-31H2,1-6H3,(H,57,58)/t43-,44+,45+,65?/m0/s1. The van der Waals surface area contributed by atoms with E-state index >= 15 is 0 Å². The van der Waals surface area contributed by atoms with Crippen molar-refractivity contribution in [3.8, 4) is 28.8 Å². The summed E-state index contributed by atoms with van der Waals surface area (Å²) < 4.78 is 43.3. The molecule has 0 bridgehead atoms. The Morgan fingerprint density at radius 2 is 1.57 bits per heavy atom. The Balaban J connectivity index is 1.29. The van der Waals surface area contributed by atoms with Crippen molar-refractivity contribution < 1.29 is 37.9 Å². The molecule has 4 aromatic carbocycles. The Hall–Kier alpha value is -5.78. The average molecular weight is 901 g/mol. The second kappa shape index (κ2) is 21.9. The summed E-state index contributed by atoms with van der Waals surface area (Å²) in [5.41, 5.74) is 5.27. The van der Waals surface area contributed by atoms with Crippen LogP contribution in [0.3, 0.4) is 0 Å². The molecule has 0 aliphatic carbocycles. The van der Waals surface area contributed by atoms with Crippen molar-refractivity contribution in [2.45, 2.75) is 95.9 Å². The molecule has 15 heteroatoms. The van der Waals surface area contributed by atoms with Gasteiger partial charge in [-0.15, -0.1) is 0 Å². The number of carboxylic acids is 1. The first-order valence-electron chi connectivity index (χ1n) is 21.9. The van der Waals surface area contributed by atoms with Gasteiger partial charge in [-0.1, -0.05) is 72.8 Å². The van der Waals surface area contributed by atoms with Crippen LogP contribution in [0.25, 0.3) is 22.4 Å². The molecule has 1 saturated heterocycles. The highest BCUT2D eigenvalue weighted by molar-refractivity contribution is 7.44. The molecule has 6 aromatic rings. The first-order valence-corrected chi connectivity index (χ1v) is 23.1. The topological polar surface area (TPSA) is 163 Å². The van der Waals surface area contributed by atoms with Crippen LogP contribution in [0, 0.1) is 11.3 Å². The van der Waals surface area contributed by atoms with E-state index < -0.39 is 38.5 Å². The first kappa shape index (κ1) is 47.2. The van der Waals surface area contributed by atoms with Crippen LogP contribution in [0.4, 0.5) is 0 Å². The Morgan fingerprint density at radius 3 is 2.18 bits per heavy atom. The van der Waals surface area contributed by atoms with Gasteiger partial charge in [-0.05, 0) is 93.1 Å². The molecule has 7 rings (SSSR count). The Labute approximate surface area is 382 Å². The van der Waals surface area contributed by atoms with E-state index in [1.54, 1.807) is 20.5 Å². The molecule has 0 spiro atoms. The fourth-order valence-electron chi connectivity index (χ4n) is 8.42. The van der Waals surface area contributed by atoms with Crippen LogP contribution in [-0.4, -0.2) is 87.0 Å². The summed E-state index contributed by atoms with van der Waals surface area (Å²) in [6.07, 6.45) is 3.42. The van der Waals surface area contributed by atoms with Crippen LogP contribution in [0.1, 0.15) is 81.9 Å². The molecule has 4 atom stereocenters. The third-order valence-corrected chi connectivity index (χ3v) is 13.6. The van der Waals surface area contributed by atoms with Crippen LogP contribution in [0.2, 0.25) is 0 Å². The molecule has 1 aliphatic rings. The number of imidazole rings is 1. The highest BCUT2D eigenvalue weighted by Gasteiger charge is 2.45. The monoisotopic (exact) mass is 900 g/mol. The zero-order chi connectivity index (χ0) is 45.9. The fourth-order valence-corrected chi connectivity index (χ4v) is 10.2. The van der Waals surface area contributed by atoms with Gasteiger partial charge in [0.15, 0.2) is 5.65 Å². The van der Waals surface area contributed by atoms with Gasteiger partial charge in [-0.3, -0.25) is 9.36 Å². The van der Waals surface area contributed by atoms with Crippen molar-refractivity contribution in [1.29, 1.82) is 5.26 Å². The molecule has 1 fully saturated rings. The number of aromatic nitrogens is 4. The Bertz CT molecular complexity index is 2460. The second-order valence-corrected chi connectivity index (χ2v) is 17.8. The first-order chi connectivity index (χ1) is 31.6. The van der Waals surface area contributed by atoms with E-state index in [4.69, 9.17) is 38.0 Å². The van der Waals surface area contributed by atoms with E-state index in [-0.39, 0.29) is 38.1 Å². The van der Waals surface area contributed by atoms with Gasteiger partial charge in [0.25, 0.3) is 8.53 Å². The molecule has 0 amide bonds. The number of aliphatic carboxylic acids is 1. The van der Waals surface area contributed by atoms with Gasteiger partial charge in [0, 0.05) is 30.5 Å². The van der Waals surface area contributed by atoms with Crippen molar-refractivity contribution in [3.05, 3.63) is 138 Å². The van der Waals surface area contributed by atoms with Gasteiger partial charge in [0.2, 0.25) is 0 Å². The van der Waals surface area contributed by atoms with E-state index in [2.05, 4.69) is 55.6 Å². The molecular weight excluding hydrogens is 844 g/mol. The zero-order valence-corrected chi connectivity index (χ0v) is 38.6. The van der Waals surface area contributed by atoms with E-state index in [1.165, 1.54) is 6.33 Å². The maximum Gasteiger partial charge on any atom is 0.303 e. The van der Waals surface area contributed by atoms with Crippen molar-refractivity contribution in [2.24, 2.45) is 0 Å². The summed E-state index contributed by atoms with van der Waals surface area (Å²) in [5.74, 6) is 0.618. The molecule has 3 heterocycles. The van der Waals surface area contributed by atoms with E-state index in [0.29, 0.717) is 47.6 Å².